The second-order valence-electron chi connectivity index (χ2n) is 8.08. The van der Waals surface area contributed by atoms with E-state index in [1.54, 1.807) is 24.3 Å². The van der Waals surface area contributed by atoms with Crippen LogP contribution in [-0.2, 0) is 4.79 Å². The fourth-order valence-electron chi connectivity index (χ4n) is 3.63. The molecule has 166 valence electrons. The minimum atomic E-state index is -0.116. The van der Waals surface area contributed by atoms with Gasteiger partial charge in [-0.1, -0.05) is 11.6 Å². The summed E-state index contributed by atoms with van der Waals surface area (Å²) < 4.78 is 0. The van der Waals surface area contributed by atoms with Crippen LogP contribution in [0, 0.1) is 0 Å². The standard InChI is InChI=1S/C24H31ClN4O2/c1-18(2)28-14-16-29(17-15-28)22-11-5-19(6-12-22)24(31)26-13-3-4-23(30)27-21-9-7-20(25)8-10-21/h5-12,18H,3-4,13-17H2,1-2H3,(H,26,31)(H,27,30). The summed E-state index contributed by atoms with van der Waals surface area (Å²) in [5.74, 6) is -0.201. The Bertz CT molecular complexity index is 860. The van der Waals surface area contributed by atoms with Crippen molar-refractivity contribution in [3.8, 4) is 0 Å². The van der Waals surface area contributed by atoms with E-state index < -0.39 is 0 Å². The van der Waals surface area contributed by atoms with Crippen molar-refractivity contribution in [2.75, 3.05) is 42.9 Å². The third kappa shape index (κ3) is 6.97. The van der Waals surface area contributed by atoms with Gasteiger partial charge in [-0.25, -0.2) is 0 Å². The Kier molecular flexibility index (Phi) is 8.32. The number of nitrogens with zero attached hydrogens (tertiary/aromatic N) is 2. The molecule has 0 saturated carbocycles. The Labute approximate surface area is 189 Å². The summed E-state index contributed by atoms with van der Waals surface area (Å²) in [6, 6.07) is 15.3. The van der Waals surface area contributed by atoms with Crippen molar-refractivity contribution in [3.05, 3.63) is 59.1 Å². The fourth-order valence-corrected chi connectivity index (χ4v) is 3.76. The summed E-state index contributed by atoms with van der Waals surface area (Å²) in [6.45, 7) is 9.04. The van der Waals surface area contributed by atoms with Crippen LogP contribution < -0.4 is 15.5 Å². The van der Waals surface area contributed by atoms with Crippen LogP contribution in [0.1, 0.15) is 37.0 Å². The van der Waals surface area contributed by atoms with E-state index in [9.17, 15) is 9.59 Å². The van der Waals surface area contributed by atoms with Gasteiger partial charge in [0.2, 0.25) is 5.91 Å². The predicted molar refractivity (Wildman–Crippen MR) is 127 cm³/mol. The second kappa shape index (κ2) is 11.2. The van der Waals surface area contributed by atoms with E-state index in [0.29, 0.717) is 41.7 Å². The molecule has 1 aliphatic rings. The highest BCUT2D eigenvalue weighted by atomic mass is 35.5. The summed E-state index contributed by atoms with van der Waals surface area (Å²) in [5.41, 5.74) is 2.50. The molecule has 2 amide bonds. The van der Waals surface area contributed by atoms with Crippen LogP contribution in [-0.4, -0.2) is 55.5 Å². The third-order valence-electron chi connectivity index (χ3n) is 5.53. The molecule has 2 N–H and O–H groups in total. The molecule has 1 heterocycles. The lowest BCUT2D eigenvalue weighted by Crippen LogP contribution is -2.48. The predicted octanol–water partition coefficient (Wildman–Crippen LogP) is 4.02. The summed E-state index contributed by atoms with van der Waals surface area (Å²) in [6.07, 6.45) is 0.910. The molecule has 2 aromatic carbocycles. The topological polar surface area (TPSA) is 64.7 Å². The van der Waals surface area contributed by atoms with Crippen LogP contribution in [0.2, 0.25) is 5.02 Å². The molecule has 31 heavy (non-hydrogen) atoms. The van der Waals surface area contributed by atoms with Crippen LogP contribution in [0.4, 0.5) is 11.4 Å². The molecule has 0 spiro atoms. The monoisotopic (exact) mass is 442 g/mol. The third-order valence-corrected chi connectivity index (χ3v) is 5.79. The first-order valence-electron chi connectivity index (χ1n) is 10.8. The van der Waals surface area contributed by atoms with Crippen LogP contribution >= 0.6 is 11.6 Å². The number of amides is 2. The fraction of sp³-hybridized carbons (Fsp3) is 0.417. The van der Waals surface area contributed by atoms with Gasteiger partial charge >= 0.3 is 0 Å². The van der Waals surface area contributed by atoms with Crippen molar-refractivity contribution in [1.82, 2.24) is 10.2 Å². The zero-order chi connectivity index (χ0) is 22.2. The lowest BCUT2D eigenvalue weighted by atomic mass is 10.1. The van der Waals surface area contributed by atoms with Crippen molar-refractivity contribution in [2.45, 2.75) is 32.7 Å². The zero-order valence-corrected chi connectivity index (χ0v) is 19.0. The number of piperazine rings is 1. The van der Waals surface area contributed by atoms with Gasteiger partial charge in [-0.05, 0) is 68.8 Å². The Morgan fingerprint density at radius 1 is 0.968 bits per heavy atom. The van der Waals surface area contributed by atoms with E-state index in [1.807, 2.05) is 24.3 Å². The first-order chi connectivity index (χ1) is 14.9. The van der Waals surface area contributed by atoms with Crippen LogP contribution in [0.15, 0.2) is 48.5 Å². The normalized spacial score (nSPS) is 14.5. The highest BCUT2D eigenvalue weighted by molar-refractivity contribution is 6.30. The molecule has 0 aliphatic carbocycles. The zero-order valence-electron chi connectivity index (χ0n) is 18.2. The van der Waals surface area contributed by atoms with Crippen molar-refractivity contribution in [1.29, 1.82) is 0 Å². The van der Waals surface area contributed by atoms with Crippen LogP contribution in [0.25, 0.3) is 0 Å². The highest BCUT2D eigenvalue weighted by Crippen LogP contribution is 2.18. The number of anilines is 2. The number of carbonyl (C=O) groups excluding carboxylic acids is 2. The SMILES string of the molecule is CC(C)N1CCN(c2ccc(C(=O)NCCCC(=O)Nc3ccc(Cl)cc3)cc2)CC1. The van der Waals surface area contributed by atoms with E-state index in [4.69, 9.17) is 11.6 Å². The van der Waals surface area contributed by atoms with E-state index in [0.717, 1.165) is 31.9 Å². The Morgan fingerprint density at radius 3 is 2.23 bits per heavy atom. The number of carbonyl (C=O) groups is 2. The van der Waals surface area contributed by atoms with Gasteiger partial charge < -0.3 is 15.5 Å². The van der Waals surface area contributed by atoms with Gasteiger partial charge in [0.05, 0.1) is 0 Å². The number of nitrogens with one attached hydrogen (secondary N) is 2. The van der Waals surface area contributed by atoms with E-state index in [1.165, 1.54) is 0 Å². The smallest absolute Gasteiger partial charge is 0.251 e. The molecule has 6 nitrogen and oxygen atoms in total. The summed E-state index contributed by atoms with van der Waals surface area (Å²) >= 11 is 5.84. The average Bonchev–Trinajstić information content (AvgIpc) is 2.78. The van der Waals surface area contributed by atoms with Gasteiger partial charge in [-0.2, -0.15) is 0 Å². The Morgan fingerprint density at radius 2 is 1.61 bits per heavy atom. The molecule has 0 aromatic heterocycles. The van der Waals surface area contributed by atoms with Gasteiger partial charge in [0, 0.05) is 67.1 Å². The number of hydrogen-bond donors (Lipinski definition) is 2. The maximum absolute atomic E-state index is 12.4. The van der Waals surface area contributed by atoms with Crippen LogP contribution in [0.5, 0.6) is 0 Å². The number of benzene rings is 2. The molecular formula is C24H31ClN4O2. The van der Waals surface area contributed by atoms with Crippen molar-refractivity contribution in [2.24, 2.45) is 0 Å². The maximum atomic E-state index is 12.4. The molecule has 0 bridgehead atoms. The van der Waals surface area contributed by atoms with Gasteiger partial charge in [-0.3, -0.25) is 14.5 Å². The summed E-state index contributed by atoms with van der Waals surface area (Å²) in [7, 11) is 0. The molecule has 2 aromatic rings. The van der Waals surface area contributed by atoms with E-state index >= 15 is 0 Å². The number of rotatable bonds is 8. The molecule has 0 radical (unpaired) electrons. The summed E-state index contributed by atoms with van der Waals surface area (Å²) in [4.78, 5) is 29.2. The highest BCUT2D eigenvalue weighted by Gasteiger charge is 2.19. The van der Waals surface area contributed by atoms with Crippen molar-refractivity contribution in [3.63, 3.8) is 0 Å². The largest absolute Gasteiger partial charge is 0.369 e. The first-order valence-corrected chi connectivity index (χ1v) is 11.2. The molecule has 0 unspecified atom stereocenters. The van der Waals surface area contributed by atoms with Gasteiger partial charge in [0.25, 0.3) is 5.91 Å². The average molecular weight is 443 g/mol. The number of halogens is 1. The molecule has 1 aliphatic heterocycles. The molecule has 1 saturated heterocycles. The molecular weight excluding hydrogens is 412 g/mol. The van der Waals surface area contributed by atoms with Crippen molar-refractivity contribution >= 4 is 34.8 Å². The molecule has 7 heteroatoms. The Balaban J connectivity index is 1.37. The second-order valence-corrected chi connectivity index (χ2v) is 8.51. The minimum Gasteiger partial charge on any atom is -0.369 e. The number of hydrogen-bond acceptors (Lipinski definition) is 4. The van der Waals surface area contributed by atoms with Gasteiger partial charge in [0.1, 0.15) is 0 Å². The van der Waals surface area contributed by atoms with Crippen molar-refractivity contribution < 1.29 is 9.59 Å². The van der Waals surface area contributed by atoms with Gasteiger partial charge in [0.15, 0.2) is 0 Å². The van der Waals surface area contributed by atoms with E-state index in [-0.39, 0.29) is 11.8 Å². The quantitative estimate of drug-likeness (QED) is 0.606. The lowest BCUT2D eigenvalue weighted by molar-refractivity contribution is -0.116. The van der Waals surface area contributed by atoms with Crippen LogP contribution in [0.3, 0.4) is 0 Å². The molecule has 3 rings (SSSR count). The molecule has 1 fully saturated rings. The van der Waals surface area contributed by atoms with Gasteiger partial charge in [-0.15, -0.1) is 0 Å². The lowest BCUT2D eigenvalue weighted by Gasteiger charge is -2.38. The Hall–Kier alpha value is -2.57. The first kappa shape index (κ1) is 23.1. The van der Waals surface area contributed by atoms with E-state index in [2.05, 4.69) is 34.3 Å². The minimum absolute atomic E-state index is 0.0847. The maximum Gasteiger partial charge on any atom is 0.251 e. The molecule has 0 atom stereocenters. The summed E-state index contributed by atoms with van der Waals surface area (Å²) in [5, 5.41) is 6.33.